The van der Waals surface area contributed by atoms with Crippen molar-refractivity contribution < 1.29 is 69.3 Å². The average Bonchev–Trinajstić information content (AvgIpc) is 2.70. The van der Waals surface area contributed by atoms with Crippen LogP contribution in [-0.2, 0) is 6.18 Å². The van der Waals surface area contributed by atoms with Crippen molar-refractivity contribution in [1.82, 2.24) is 0 Å². The van der Waals surface area contributed by atoms with E-state index in [9.17, 15) is 13.2 Å². The Kier molecular flexibility index (Phi) is 5.95. The molecule has 1 fully saturated rings. The van der Waals surface area contributed by atoms with Crippen molar-refractivity contribution in [2.75, 3.05) is 13.1 Å². The maximum absolute atomic E-state index is 12.6. The largest absolute Gasteiger partial charge is 1.00 e. The van der Waals surface area contributed by atoms with Crippen molar-refractivity contribution in [2.24, 2.45) is 0 Å². The van der Waals surface area contributed by atoms with Crippen LogP contribution < -0.4 is 56.1 Å². The Bertz CT molecular complexity index is 364. The molecule has 88 valence electrons. The molecule has 1 aliphatic heterocycles. The molecule has 1 unspecified atom stereocenters. The van der Waals surface area contributed by atoms with E-state index in [1.807, 2.05) is 0 Å². The smallest absolute Gasteiger partial charge is 0.659 e. The SMILES string of the molecule is FC(F)(F)c1ccccc1OC1CC[N-]C1.[K+]. The van der Waals surface area contributed by atoms with Crippen LogP contribution in [0.5, 0.6) is 5.75 Å². The maximum Gasteiger partial charge on any atom is 1.00 e. The fraction of sp³-hybridized carbons (Fsp3) is 0.455. The second-order valence-electron chi connectivity index (χ2n) is 3.65. The van der Waals surface area contributed by atoms with Crippen LogP contribution >= 0.6 is 0 Å². The van der Waals surface area contributed by atoms with E-state index in [0.29, 0.717) is 19.5 Å². The summed E-state index contributed by atoms with van der Waals surface area (Å²) >= 11 is 0. The third-order valence-electron chi connectivity index (χ3n) is 2.43. The van der Waals surface area contributed by atoms with Gasteiger partial charge < -0.3 is 10.1 Å². The zero-order chi connectivity index (χ0) is 11.6. The number of para-hydroxylation sites is 1. The molecule has 0 spiro atoms. The van der Waals surface area contributed by atoms with E-state index >= 15 is 0 Å². The molecule has 0 radical (unpaired) electrons. The molecule has 2 nitrogen and oxygen atoms in total. The number of halogens is 3. The van der Waals surface area contributed by atoms with Crippen molar-refractivity contribution in [3.8, 4) is 5.75 Å². The van der Waals surface area contributed by atoms with Gasteiger partial charge in [0, 0.05) is 0 Å². The van der Waals surface area contributed by atoms with Crippen LogP contribution in [0, 0.1) is 0 Å². The summed E-state index contributed by atoms with van der Waals surface area (Å²) in [7, 11) is 0. The molecule has 1 saturated heterocycles. The molecule has 1 heterocycles. The molecular formula is C11H11F3KNO. The van der Waals surface area contributed by atoms with Crippen molar-refractivity contribution in [2.45, 2.75) is 18.7 Å². The van der Waals surface area contributed by atoms with Crippen molar-refractivity contribution >= 4 is 0 Å². The zero-order valence-electron chi connectivity index (χ0n) is 9.50. The molecule has 1 aliphatic rings. The Balaban J connectivity index is 0.00000144. The molecule has 6 heteroatoms. The summed E-state index contributed by atoms with van der Waals surface area (Å²) in [5.41, 5.74) is -0.720. The van der Waals surface area contributed by atoms with Crippen molar-refractivity contribution in [3.63, 3.8) is 0 Å². The first-order valence-electron chi connectivity index (χ1n) is 5.03. The second-order valence-corrected chi connectivity index (χ2v) is 3.65. The summed E-state index contributed by atoms with van der Waals surface area (Å²) in [4.78, 5) is 0. The molecule has 1 aromatic rings. The first kappa shape index (κ1) is 15.5. The summed E-state index contributed by atoms with van der Waals surface area (Å²) < 4.78 is 43.2. The number of ether oxygens (including phenoxy) is 1. The van der Waals surface area contributed by atoms with Gasteiger partial charge in [0.05, 0.1) is 11.7 Å². The van der Waals surface area contributed by atoms with Gasteiger partial charge in [-0.25, -0.2) is 0 Å². The summed E-state index contributed by atoms with van der Waals surface area (Å²) in [6.07, 6.45) is -3.90. The number of hydrogen-bond donors (Lipinski definition) is 0. The molecular weight excluding hydrogens is 258 g/mol. The molecule has 0 bridgehead atoms. The maximum atomic E-state index is 12.6. The van der Waals surface area contributed by atoms with Gasteiger partial charge in [-0.3, -0.25) is 0 Å². The predicted octanol–water partition coefficient (Wildman–Crippen LogP) is 0.234. The molecule has 1 aromatic carbocycles. The van der Waals surface area contributed by atoms with E-state index in [0.717, 1.165) is 6.07 Å². The van der Waals surface area contributed by atoms with Crippen LogP contribution in [0.1, 0.15) is 12.0 Å². The predicted molar refractivity (Wildman–Crippen MR) is 53.6 cm³/mol. The first-order chi connectivity index (χ1) is 7.57. The molecule has 0 aromatic heterocycles. The summed E-state index contributed by atoms with van der Waals surface area (Å²) in [6.45, 7) is 1.14. The Morgan fingerprint density at radius 3 is 2.53 bits per heavy atom. The Morgan fingerprint density at radius 2 is 1.94 bits per heavy atom. The third kappa shape index (κ3) is 4.22. The van der Waals surface area contributed by atoms with Crippen molar-refractivity contribution in [1.29, 1.82) is 0 Å². The fourth-order valence-electron chi connectivity index (χ4n) is 1.64. The van der Waals surface area contributed by atoms with Gasteiger partial charge >= 0.3 is 57.6 Å². The van der Waals surface area contributed by atoms with Crippen LogP contribution in [0.15, 0.2) is 24.3 Å². The van der Waals surface area contributed by atoms with Crippen molar-refractivity contribution in [3.05, 3.63) is 35.1 Å². The van der Waals surface area contributed by atoms with Crippen LogP contribution in [0.4, 0.5) is 13.2 Å². The van der Waals surface area contributed by atoms with Gasteiger partial charge in [0.1, 0.15) is 5.75 Å². The minimum absolute atomic E-state index is 0. The minimum Gasteiger partial charge on any atom is -0.659 e. The van der Waals surface area contributed by atoms with E-state index in [-0.39, 0.29) is 63.2 Å². The number of rotatable bonds is 2. The van der Waals surface area contributed by atoms with E-state index in [2.05, 4.69) is 5.32 Å². The zero-order valence-corrected chi connectivity index (χ0v) is 12.6. The van der Waals surface area contributed by atoms with Gasteiger partial charge in [-0.15, -0.1) is 13.1 Å². The van der Waals surface area contributed by atoms with Crippen LogP contribution in [0.3, 0.4) is 0 Å². The number of alkyl halides is 3. The molecule has 1 atom stereocenters. The molecule has 17 heavy (non-hydrogen) atoms. The molecule has 0 aliphatic carbocycles. The fourth-order valence-corrected chi connectivity index (χ4v) is 1.64. The van der Waals surface area contributed by atoms with Gasteiger partial charge in [0.15, 0.2) is 0 Å². The number of benzene rings is 1. The number of nitrogens with zero attached hydrogens (tertiary/aromatic N) is 1. The molecule has 0 amide bonds. The van der Waals surface area contributed by atoms with E-state index in [1.165, 1.54) is 18.2 Å². The minimum atomic E-state index is -4.37. The first-order valence-corrected chi connectivity index (χ1v) is 5.03. The van der Waals surface area contributed by atoms with Gasteiger partial charge in [-0.05, 0) is 18.6 Å². The monoisotopic (exact) mass is 269 g/mol. The van der Waals surface area contributed by atoms with Crippen LogP contribution in [-0.4, -0.2) is 19.2 Å². The molecule has 0 N–H and O–H groups in total. The Morgan fingerprint density at radius 1 is 1.24 bits per heavy atom. The van der Waals surface area contributed by atoms with Gasteiger partial charge in [-0.1, -0.05) is 12.1 Å². The van der Waals surface area contributed by atoms with E-state index in [4.69, 9.17) is 4.74 Å². The molecule has 2 rings (SSSR count). The number of hydrogen-bond acceptors (Lipinski definition) is 1. The van der Waals surface area contributed by atoms with Gasteiger partial charge in [0.25, 0.3) is 0 Å². The molecule has 0 saturated carbocycles. The standard InChI is InChI=1S/C11H11F3NO.K/c12-11(13,14)9-3-1-2-4-10(9)16-8-5-6-15-7-8;/h1-4,8H,5-7H2;/q-1;+1. The second kappa shape index (κ2) is 6.54. The van der Waals surface area contributed by atoms with E-state index in [1.54, 1.807) is 0 Å². The third-order valence-corrected chi connectivity index (χ3v) is 2.43. The van der Waals surface area contributed by atoms with E-state index < -0.39 is 11.7 Å². The van der Waals surface area contributed by atoms with Crippen LogP contribution in [0.2, 0.25) is 0 Å². The Labute approximate surface area is 140 Å². The summed E-state index contributed by atoms with van der Waals surface area (Å²) in [5.74, 6) is -0.0999. The Hall–Kier alpha value is 0.406. The van der Waals surface area contributed by atoms with Gasteiger partial charge in [-0.2, -0.15) is 13.2 Å². The quantitative estimate of drug-likeness (QED) is 0.705. The topological polar surface area (TPSA) is 23.3 Å². The average molecular weight is 269 g/mol. The van der Waals surface area contributed by atoms with Gasteiger partial charge in [0.2, 0.25) is 0 Å². The normalized spacial score (nSPS) is 19.8. The summed E-state index contributed by atoms with van der Waals surface area (Å²) in [6, 6.07) is 5.27. The van der Waals surface area contributed by atoms with Crippen LogP contribution in [0.25, 0.3) is 5.32 Å². The summed E-state index contributed by atoms with van der Waals surface area (Å²) in [5, 5.41) is 4.05.